The van der Waals surface area contributed by atoms with E-state index < -0.39 is 17.7 Å². The van der Waals surface area contributed by atoms with Crippen LogP contribution >= 0.6 is 0 Å². The van der Waals surface area contributed by atoms with Gasteiger partial charge in [-0.25, -0.2) is 9.59 Å². The Morgan fingerprint density at radius 3 is 2.38 bits per heavy atom. The number of carbonyl (C=O) groups excluding carboxylic acids is 3. The van der Waals surface area contributed by atoms with E-state index in [9.17, 15) is 14.4 Å². The van der Waals surface area contributed by atoms with Gasteiger partial charge in [0.15, 0.2) is 0 Å². The van der Waals surface area contributed by atoms with Crippen molar-refractivity contribution >= 4 is 23.7 Å². The number of alkyl carbamates (subject to hydrolysis) is 1. The zero-order valence-electron chi connectivity index (χ0n) is 15.9. The molecule has 1 aromatic rings. The van der Waals surface area contributed by atoms with Gasteiger partial charge in [-0.05, 0) is 45.4 Å². The van der Waals surface area contributed by atoms with Crippen LogP contribution in [-0.2, 0) is 14.3 Å². The van der Waals surface area contributed by atoms with Crippen molar-refractivity contribution in [3.8, 4) is 11.8 Å². The van der Waals surface area contributed by atoms with Crippen molar-refractivity contribution in [3.05, 3.63) is 28.8 Å². The van der Waals surface area contributed by atoms with E-state index in [-0.39, 0.29) is 12.5 Å². The normalized spacial score (nSPS) is 10.2. The van der Waals surface area contributed by atoms with E-state index in [2.05, 4.69) is 22.5 Å². The highest BCUT2D eigenvalue weighted by Crippen LogP contribution is 2.21. The number of carbonyl (C=O) groups is 3. The summed E-state index contributed by atoms with van der Waals surface area (Å²) in [6, 6.07) is 3.20. The van der Waals surface area contributed by atoms with Crippen molar-refractivity contribution in [1.82, 2.24) is 5.32 Å². The number of amides is 2. The summed E-state index contributed by atoms with van der Waals surface area (Å²) in [6.45, 7) is 8.48. The lowest BCUT2D eigenvalue weighted by Crippen LogP contribution is -2.32. The topological polar surface area (TPSA) is 93.7 Å². The monoisotopic (exact) mass is 360 g/mol. The number of anilines is 1. The van der Waals surface area contributed by atoms with Crippen LogP contribution in [0.5, 0.6) is 0 Å². The number of esters is 1. The molecule has 0 aliphatic heterocycles. The van der Waals surface area contributed by atoms with Crippen LogP contribution in [0.4, 0.5) is 10.5 Å². The Morgan fingerprint density at radius 2 is 1.85 bits per heavy atom. The summed E-state index contributed by atoms with van der Waals surface area (Å²) in [7, 11) is 1.29. The number of hydrogen-bond acceptors (Lipinski definition) is 5. The van der Waals surface area contributed by atoms with Gasteiger partial charge in [-0.1, -0.05) is 11.8 Å². The molecule has 2 N–H and O–H groups in total. The number of benzene rings is 1. The Kier molecular flexibility index (Phi) is 7.20. The van der Waals surface area contributed by atoms with Crippen molar-refractivity contribution < 1.29 is 23.9 Å². The molecule has 1 aromatic carbocycles. The van der Waals surface area contributed by atoms with Crippen LogP contribution in [0.3, 0.4) is 0 Å². The molecule has 2 amide bonds. The zero-order chi connectivity index (χ0) is 19.9. The summed E-state index contributed by atoms with van der Waals surface area (Å²) in [5.74, 6) is 4.88. The van der Waals surface area contributed by atoms with Gasteiger partial charge in [-0.15, -0.1) is 0 Å². The van der Waals surface area contributed by atoms with Crippen molar-refractivity contribution in [2.24, 2.45) is 0 Å². The van der Waals surface area contributed by atoms with Crippen molar-refractivity contribution in [1.29, 1.82) is 0 Å². The molecule has 0 atom stereocenters. The minimum atomic E-state index is -0.586. The second-order valence-electron chi connectivity index (χ2n) is 6.54. The van der Waals surface area contributed by atoms with Gasteiger partial charge in [0.2, 0.25) is 5.91 Å². The molecule has 0 heterocycles. The molecule has 1 rings (SSSR count). The fourth-order valence-electron chi connectivity index (χ4n) is 2.00. The quantitative estimate of drug-likeness (QED) is 0.638. The number of nitrogens with one attached hydrogen (secondary N) is 2. The molecule has 7 nitrogen and oxygen atoms in total. The Hall–Kier alpha value is -3.01. The third kappa shape index (κ3) is 6.85. The molecule has 0 fully saturated rings. The number of aryl methyl sites for hydroxylation is 1. The zero-order valence-corrected chi connectivity index (χ0v) is 15.9. The predicted octanol–water partition coefficient (Wildman–Crippen LogP) is 2.62. The van der Waals surface area contributed by atoms with E-state index in [0.29, 0.717) is 22.4 Å². The highest BCUT2D eigenvalue weighted by atomic mass is 16.6. The first-order valence-electron chi connectivity index (χ1n) is 7.99. The minimum Gasteiger partial charge on any atom is -0.465 e. The lowest BCUT2D eigenvalue weighted by atomic mass is 10.0. The Bertz CT molecular complexity index is 767. The number of hydrogen-bond donors (Lipinski definition) is 2. The fraction of sp³-hybridized carbons (Fsp3) is 0.421. The smallest absolute Gasteiger partial charge is 0.408 e. The standard InChI is InChI=1S/C19H24N2O5/c1-12-10-14(8-7-9-20-18(24)26-19(3,4)5)16(21-13(2)22)11-15(12)17(23)25-6/h10-11H,9H2,1-6H3,(H,20,24)(H,21,22). The average Bonchev–Trinajstić information content (AvgIpc) is 2.50. The van der Waals surface area contributed by atoms with E-state index >= 15 is 0 Å². The Labute approximate surface area is 153 Å². The van der Waals surface area contributed by atoms with Crippen molar-refractivity contribution in [2.45, 2.75) is 40.2 Å². The fourth-order valence-corrected chi connectivity index (χ4v) is 2.00. The molecule has 0 radical (unpaired) electrons. The molecule has 0 saturated carbocycles. The summed E-state index contributed by atoms with van der Waals surface area (Å²) in [5, 5.41) is 5.17. The molecule has 0 spiro atoms. The van der Waals surface area contributed by atoms with Gasteiger partial charge in [-0.2, -0.15) is 0 Å². The molecule has 0 saturated heterocycles. The Balaban J connectivity index is 2.98. The molecule has 0 bridgehead atoms. The highest BCUT2D eigenvalue weighted by molar-refractivity contribution is 5.96. The van der Waals surface area contributed by atoms with Crippen molar-refractivity contribution in [2.75, 3.05) is 19.0 Å². The highest BCUT2D eigenvalue weighted by Gasteiger charge is 2.15. The van der Waals surface area contributed by atoms with E-state index in [1.807, 2.05) is 0 Å². The van der Waals surface area contributed by atoms with Gasteiger partial charge in [0.05, 0.1) is 24.9 Å². The molecule has 0 aliphatic rings. The maximum absolute atomic E-state index is 11.8. The van der Waals surface area contributed by atoms with Gasteiger partial charge in [-0.3, -0.25) is 4.79 Å². The van der Waals surface area contributed by atoms with Gasteiger partial charge in [0, 0.05) is 12.5 Å². The molecule has 7 heteroatoms. The second kappa shape index (κ2) is 8.90. The third-order valence-electron chi connectivity index (χ3n) is 3.02. The molecule has 140 valence electrons. The SMILES string of the molecule is COC(=O)c1cc(NC(C)=O)c(C#CCNC(=O)OC(C)(C)C)cc1C. The van der Waals surface area contributed by atoms with Crippen molar-refractivity contribution in [3.63, 3.8) is 0 Å². The van der Waals surface area contributed by atoms with Crippen LogP contribution < -0.4 is 10.6 Å². The average molecular weight is 360 g/mol. The summed E-state index contributed by atoms with van der Waals surface area (Å²) in [4.78, 5) is 34.8. The van der Waals surface area contributed by atoms with Crippen LogP contribution in [0, 0.1) is 18.8 Å². The Morgan fingerprint density at radius 1 is 1.19 bits per heavy atom. The van der Waals surface area contributed by atoms with Gasteiger partial charge in [0.25, 0.3) is 0 Å². The molecule has 0 aromatic heterocycles. The second-order valence-corrected chi connectivity index (χ2v) is 6.54. The maximum atomic E-state index is 11.8. The summed E-state index contributed by atoms with van der Waals surface area (Å²) in [6.07, 6.45) is -0.564. The first-order valence-corrected chi connectivity index (χ1v) is 7.99. The molecule has 0 aliphatic carbocycles. The molecule has 0 unspecified atom stereocenters. The van der Waals surface area contributed by atoms with E-state index in [1.165, 1.54) is 20.1 Å². The summed E-state index contributed by atoms with van der Waals surface area (Å²) >= 11 is 0. The minimum absolute atomic E-state index is 0.0756. The van der Waals surface area contributed by atoms with Gasteiger partial charge in [0.1, 0.15) is 5.60 Å². The number of methoxy groups -OCH3 is 1. The molecular formula is C19H24N2O5. The van der Waals surface area contributed by atoms with Gasteiger partial charge >= 0.3 is 12.1 Å². The first-order chi connectivity index (χ1) is 12.0. The molecular weight excluding hydrogens is 336 g/mol. The van der Waals surface area contributed by atoms with Crippen LogP contribution in [-0.4, -0.2) is 37.2 Å². The van der Waals surface area contributed by atoms with E-state index in [0.717, 1.165) is 0 Å². The summed E-state index contributed by atoms with van der Waals surface area (Å²) < 4.78 is 9.85. The summed E-state index contributed by atoms with van der Waals surface area (Å²) in [5.41, 5.74) is 1.34. The third-order valence-corrected chi connectivity index (χ3v) is 3.02. The lowest BCUT2D eigenvalue weighted by Gasteiger charge is -2.19. The largest absolute Gasteiger partial charge is 0.465 e. The number of rotatable bonds is 3. The molecule has 26 heavy (non-hydrogen) atoms. The van der Waals surface area contributed by atoms with Crippen LogP contribution in [0.15, 0.2) is 12.1 Å². The van der Waals surface area contributed by atoms with Gasteiger partial charge < -0.3 is 20.1 Å². The van der Waals surface area contributed by atoms with Crippen LogP contribution in [0.1, 0.15) is 49.2 Å². The number of ether oxygens (including phenoxy) is 2. The lowest BCUT2D eigenvalue weighted by molar-refractivity contribution is -0.114. The van der Waals surface area contributed by atoms with Crippen LogP contribution in [0.2, 0.25) is 0 Å². The maximum Gasteiger partial charge on any atom is 0.408 e. The predicted molar refractivity (Wildman–Crippen MR) is 97.9 cm³/mol. The van der Waals surface area contributed by atoms with E-state index in [1.54, 1.807) is 33.8 Å². The van der Waals surface area contributed by atoms with Crippen LogP contribution in [0.25, 0.3) is 0 Å². The first kappa shape index (κ1) is 21.0. The van der Waals surface area contributed by atoms with E-state index in [4.69, 9.17) is 9.47 Å².